The van der Waals surface area contributed by atoms with E-state index in [9.17, 15) is 9.18 Å². The van der Waals surface area contributed by atoms with E-state index in [0.29, 0.717) is 5.75 Å². The van der Waals surface area contributed by atoms with Crippen LogP contribution in [0.3, 0.4) is 0 Å². The maximum atomic E-state index is 13.5. The molecule has 0 radical (unpaired) electrons. The first-order valence-corrected chi connectivity index (χ1v) is 4.92. The maximum Gasteiger partial charge on any atom is 0.335 e. The van der Waals surface area contributed by atoms with Crippen molar-refractivity contribution in [2.24, 2.45) is 0 Å². The third-order valence-electron chi connectivity index (χ3n) is 2.15. The van der Waals surface area contributed by atoms with E-state index in [1.165, 1.54) is 12.1 Å². The molecule has 0 aliphatic rings. The number of hydrogen-bond donors (Lipinski definition) is 1. The van der Waals surface area contributed by atoms with Crippen LogP contribution in [0.2, 0.25) is 0 Å². The molecule has 0 aliphatic heterocycles. The van der Waals surface area contributed by atoms with Crippen LogP contribution in [0, 0.1) is 5.82 Å². The Hall–Kier alpha value is -2.36. The highest BCUT2D eigenvalue weighted by Crippen LogP contribution is 2.24. The van der Waals surface area contributed by atoms with Crippen LogP contribution in [0.15, 0.2) is 48.5 Å². The van der Waals surface area contributed by atoms with Gasteiger partial charge in [0.05, 0.1) is 5.56 Å². The first-order valence-electron chi connectivity index (χ1n) is 4.92. The number of para-hydroxylation sites is 1. The lowest BCUT2D eigenvalue weighted by Crippen LogP contribution is -1.97. The van der Waals surface area contributed by atoms with Crippen LogP contribution in [-0.2, 0) is 0 Å². The minimum atomic E-state index is -1.17. The molecule has 0 aliphatic carbocycles. The standard InChI is InChI=1S/C13H9FO3/c14-11-8-9(13(15)16)6-7-12(11)17-10-4-2-1-3-5-10/h1-8H,(H,15,16). The van der Waals surface area contributed by atoms with E-state index < -0.39 is 11.8 Å². The van der Waals surface area contributed by atoms with Gasteiger partial charge in [0, 0.05) is 0 Å². The van der Waals surface area contributed by atoms with Crippen molar-refractivity contribution in [3.05, 3.63) is 59.9 Å². The van der Waals surface area contributed by atoms with Gasteiger partial charge in [0.1, 0.15) is 5.75 Å². The Morgan fingerprint density at radius 2 is 1.82 bits per heavy atom. The molecule has 0 fully saturated rings. The molecule has 1 N–H and O–H groups in total. The molecule has 2 aromatic rings. The molecule has 0 atom stereocenters. The van der Waals surface area contributed by atoms with Gasteiger partial charge >= 0.3 is 5.97 Å². The van der Waals surface area contributed by atoms with Gasteiger partial charge in [0.25, 0.3) is 0 Å². The molecular weight excluding hydrogens is 223 g/mol. The first-order chi connectivity index (χ1) is 8.16. The van der Waals surface area contributed by atoms with Gasteiger partial charge in [-0.05, 0) is 30.3 Å². The van der Waals surface area contributed by atoms with Gasteiger partial charge in [-0.1, -0.05) is 18.2 Å². The third kappa shape index (κ3) is 2.60. The van der Waals surface area contributed by atoms with E-state index in [2.05, 4.69) is 0 Å². The van der Waals surface area contributed by atoms with E-state index in [1.807, 2.05) is 6.07 Å². The monoisotopic (exact) mass is 232 g/mol. The zero-order chi connectivity index (χ0) is 12.3. The Bertz CT molecular complexity index is 538. The van der Waals surface area contributed by atoms with Crippen LogP contribution >= 0.6 is 0 Å². The number of carboxylic acid groups (broad SMARTS) is 1. The lowest BCUT2D eigenvalue weighted by Gasteiger charge is -2.06. The Morgan fingerprint density at radius 3 is 2.41 bits per heavy atom. The molecule has 2 rings (SSSR count). The van der Waals surface area contributed by atoms with Crippen LogP contribution in [0.5, 0.6) is 11.5 Å². The summed E-state index contributed by atoms with van der Waals surface area (Å²) in [6.45, 7) is 0. The van der Waals surface area contributed by atoms with Gasteiger partial charge in [0.15, 0.2) is 11.6 Å². The van der Waals surface area contributed by atoms with E-state index in [0.717, 1.165) is 6.07 Å². The van der Waals surface area contributed by atoms with Gasteiger partial charge in [-0.3, -0.25) is 0 Å². The quantitative estimate of drug-likeness (QED) is 0.882. The fraction of sp³-hybridized carbons (Fsp3) is 0. The van der Waals surface area contributed by atoms with Crippen LogP contribution in [-0.4, -0.2) is 11.1 Å². The molecule has 0 spiro atoms. The van der Waals surface area contributed by atoms with Crippen LogP contribution in [0.25, 0.3) is 0 Å². The van der Waals surface area contributed by atoms with E-state index in [4.69, 9.17) is 9.84 Å². The average molecular weight is 232 g/mol. The number of benzene rings is 2. The summed E-state index contributed by atoms with van der Waals surface area (Å²) in [5.41, 5.74) is -0.108. The van der Waals surface area contributed by atoms with Crippen LogP contribution < -0.4 is 4.74 Å². The number of aromatic carboxylic acids is 1. The molecule has 86 valence electrons. The minimum Gasteiger partial charge on any atom is -0.478 e. The highest BCUT2D eigenvalue weighted by molar-refractivity contribution is 5.87. The van der Waals surface area contributed by atoms with Gasteiger partial charge < -0.3 is 9.84 Å². The highest BCUT2D eigenvalue weighted by atomic mass is 19.1. The van der Waals surface area contributed by atoms with Crippen molar-refractivity contribution in [2.45, 2.75) is 0 Å². The van der Waals surface area contributed by atoms with Crippen LogP contribution in [0.1, 0.15) is 10.4 Å². The SMILES string of the molecule is O=C(O)c1ccc(Oc2ccccc2)c(F)c1. The molecule has 0 unspecified atom stereocenters. The summed E-state index contributed by atoms with van der Waals surface area (Å²) < 4.78 is 18.8. The number of ether oxygens (including phenoxy) is 1. The molecule has 17 heavy (non-hydrogen) atoms. The van der Waals surface area contributed by atoms with Crippen molar-refractivity contribution in [3.63, 3.8) is 0 Å². The Labute approximate surface area is 97.1 Å². The molecule has 0 saturated heterocycles. The summed E-state index contributed by atoms with van der Waals surface area (Å²) >= 11 is 0. The van der Waals surface area contributed by atoms with Gasteiger partial charge in [0.2, 0.25) is 0 Å². The van der Waals surface area contributed by atoms with Crippen molar-refractivity contribution in [3.8, 4) is 11.5 Å². The molecule has 2 aromatic carbocycles. The minimum absolute atomic E-state index is 0.00111. The smallest absolute Gasteiger partial charge is 0.335 e. The zero-order valence-corrected chi connectivity index (χ0v) is 8.76. The van der Waals surface area contributed by atoms with Crippen molar-refractivity contribution in [1.82, 2.24) is 0 Å². The lowest BCUT2D eigenvalue weighted by molar-refractivity contribution is 0.0696. The van der Waals surface area contributed by atoms with Gasteiger partial charge in [-0.15, -0.1) is 0 Å². The average Bonchev–Trinajstić information content (AvgIpc) is 2.33. The highest BCUT2D eigenvalue weighted by Gasteiger charge is 2.09. The predicted octanol–water partition coefficient (Wildman–Crippen LogP) is 3.32. The molecule has 4 heteroatoms. The summed E-state index contributed by atoms with van der Waals surface area (Å²) in [7, 11) is 0. The van der Waals surface area contributed by atoms with E-state index >= 15 is 0 Å². The summed E-state index contributed by atoms with van der Waals surface area (Å²) in [5.74, 6) is -1.38. The number of halogens is 1. The number of carbonyl (C=O) groups is 1. The molecule has 0 bridgehead atoms. The fourth-order valence-electron chi connectivity index (χ4n) is 1.33. The van der Waals surface area contributed by atoms with Gasteiger partial charge in [-0.25, -0.2) is 9.18 Å². The molecule has 0 amide bonds. The fourth-order valence-corrected chi connectivity index (χ4v) is 1.33. The Kier molecular flexibility index (Phi) is 3.05. The summed E-state index contributed by atoms with van der Waals surface area (Å²) in [5, 5.41) is 8.68. The van der Waals surface area contributed by atoms with E-state index in [-0.39, 0.29) is 11.3 Å². The van der Waals surface area contributed by atoms with Crippen molar-refractivity contribution in [2.75, 3.05) is 0 Å². The second-order valence-electron chi connectivity index (χ2n) is 3.37. The number of carboxylic acids is 1. The molecule has 3 nitrogen and oxygen atoms in total. The zero-order valence-electron chi connectivity index (χ0n) is 8.76. The molecular formula is C13H9FO3. The normalized spacial score (nSPS) is 9.94. The molecule has 0 aromatic heterocycles. The first kappa shape index (κ1) is 11.1. The second-order valence-corrected chi connectivity index (χ2v) is 3.37. The van der Waals surface area contributed by atoms with Crippen LogP contribution in [0.4, 0.5) is 4.39 Å². The largest absolute Gasteiger partial charge is 0.478 e. The Balaban J connectivity index is 2.26. The summed E-state index contributed by atoms with van der Waals surface area (Å²) in [6.07, 6.45) is 0. The maximum absolute atomic E-state index is 13.5. The third-order valence-corrected chi connectivity index (χ3v) is 2.15. The topological polar surface area (TPSA) is 46.5 Å². The van der Waals surface area contributed by atoms with E-state index in [1.54, 1.807) is 24.3 Å². The molecule has 0 heterocycles. The van der Waals surface area contributed by atoms with Crippen molar-refractivity contribution >= 4 is 5.97 Å². The summed E-state index contributed by atoms with van der Waals surface area (Å²) in [6, 6.07) is 12.2. The number of hydrogen-bond acceptors (Lipinski definition) is 2. The van der Waals surface area contributed by atoms with Crippen molar-refractivity contribution in [1.29, 1.82) is 0 Å². The lowest BCUT2D eigenvalue weighted by atomic mass is 10.2. The van der Waals surface area contributed by atoms with Crippen molar-refractivity contribution < 1.29 is 19.0 Å². The predicted molar refractivity (Wildman–Crippen MR) is 59.9 cm³/mol. The van der Waals surface area contributed by atoms with Gasteiger partial charge in [-0.2, -0.15) is 0 Å². The second kappa shape index (κ2) is 4.65. The number of rotatable bonds is 3. The summed E-state index contributed by atoms with van der Waals surface area (Å²) in [4.78, 5) is 10.6. The Morgan fingerprint density at radius 1 is 1.12 bits per heavy atom. The molecule has 0 saturated carbocycles.